The van der Waals surface area contributed by atoms with E-state index < -0.39 is 0 Å². The number of aryl methyl sites for hydroxylation is 2. The van der Waals surface area contributed by atoms with Gasteiger partial charge in [0.1, 0.15) is 10.7 Å². The van der Waals surface area contributed by atoms with Crippen molar-refractivity contribution in [2.24, 2.45) is 0 Å². The molecule has 0 atom stereocenters. The number of hydrogen-bond acceptors (Lipinski definition) is 5. The fourth-order valence-electron chi connectivity index (χ4n) is 4.75. The Morgan fingerprint density at radius 3 is 2.79 bits per heavy atom. The van der Waals surface area contributed by atoms with Gasteiger partial charge in [-0.1, -0.05) is 25.3 Å². The molecule has 29 heavy (non-hydrogen) atoms. The summed E-state index contributed by atoms with van der Waals surface area (Å²) in [6, 6.07) is 4.02. The van der Waals surface area contributed by atoms with Crippen LogP contribution in [0.15, 0.2) is 22.3 Å². The number of thiophene rings is 2. The summed E-state index contributed by atoms with van der Waals surface area (Å²) in [5.74, 6) is 0.664. The molecule has 0 aliphatic heterocycles. The number of nitrogens with zero attached hydrogens (tertiary/aromatic N) is 2. The summed E-state index contributed by atoms with van der Waals surface area (Å²) >= 11 is 3.14. The van der Waals surface area contributed by atoms with E-state index in [9.17, 15) is 9.59 Å². The van der Waals surface area contributed by atoms with Crippen LogP contribution in [0.5, 0.6) is 0 Å². The van der Waals surface area contributed by atoms with E-state index in [1.807, 2.05) is 22.4 Å². The van der Waals surface area contributed by atoms with E-state index in [-0.39, 0.29) is 17.5 Å². The molecule has 152 valence electrons. The number of aromatic nitrogens is 2. The molecule has 1 amide bonds. The van der Waals surface area contributed by atoms with Gasteiger partial charge in [-0.25, -0.2) is 4.98 Å². The van der Waals surface area contributed by atoms with Crippen molar-refractivity contribution in [1.82, 2.24) is 14.9 Å². The second-order valence-electron chi connectivity index (χ2n) is 8.11. The lowest BCUT2D eigenvalue weighted by Gasteiger charge is -2.33. The zero-order chi connectivity index (χ0) is 19.8. The van der Waals surface area contributed by atoms with Gasteiger partial charge in [0, 0.05) is 10.9 Å². The highest BCUT2D eigenvalue weighted by Gasteiger charge is 2.28. The highest BCUT2D eigenvalue weighted by Crippen LogP contribution is 2.34. The first-order chi connectivity index (χ1) is 14.2. The van der Waals surface area contributed by atoms with E-state index in [2.05, 4.69) is 4.98 Å². The topological polar surface area (TPSA) is 66.1 Å². The Balaban J connectivity index is 1.50. The number of aromatic amines is 1. The van der Waals surface area contributed by atoms with E-state index in [1.54, 1.807) is 11.3 Å². The number of H-pyrrole nitrogens is 1. The molecule has 3 heterocycles. The van der Waals surface area contributed by atoms with Gasteiger partial charge in [-0.05, 0) is 55.5 Å². The fraction of sp³-hybridized carbons (Fsp3) is 0.500. The van der Waals surface area contributed by atoms with E-state index in [0.29, 0.717) is 12.4 Å². The molecule has 0 bridgehead atoms. The van der Waals surface area contributed by atoms with Gasteiger partial charge in [-0.3, -0.25) is 9.59 Å². The molecule has 0 radical (unpaired) electrons. The van der Waals surface area contributed by atoms with Crippen molar-refractivity contribution >= 4 is 38.8 Å². The van der Waals surface area contributed by atoms with Crippen LogP contribution in [0.2, 0.25) is 0 Å². The van der Waals surface area contributed by atoms with Crippen LogP contribution < -0.4 is 5.56 Å². The molecule has 5 rings (SSSR count). The van der Waals surface area contributed by atoms with Crippen LogP contribution in [0.3, 0.4) is 0 Å². The van der Waals surface area contributed by atoms with Crippen molar-refractivity contribution < 1.29 is 4.79 Å². The van der Waals surface area contributed by atoms with Crippen molar-refractivity contribution in [3.63, 3.8) is 0 Å². The monoisotopic (exact) mass is 427 g/mol. The molecule has 0 unspecified atom stereocenters. The first-order valence-electron chi connectivity index (χ1n) is 10.6. The van der Waals surface area contributed by atoms with Crippen LogP contribution in [0.25, 0.3) is 10.2 Å². The first kappa shape index (κ1) is 19.0. The lowest BCUT2D eigenvalue weighted by Crippen LogP contribution is -2.41. The average Bonchev–Trinajstić information content (AvgIpc) is 3.40. The van der Waals surface area contributed by atoms with E-state index >= 15 is 0 Å². The molecule has 0 saturated heterocycles. The van der Waals surface area contributed by atoms with Gasteiger partial charge in [0.05, 0.1) is 16.8 Å². The molecule has 1 N–H and O–H groups in total. The third-order valence-electron chi connectivity index (χ3n) is 6.20. The smallest absolute Gasteiger partial charge is 0.264 e. The zero-order valence-electron chi connectivity index (χ0n) is 16.4. The number of nitrogens with one attached hydrogen (secondary N) is 1. The maximum absolute atomic E-state index is 13.2. The summed E-state index contributed by atoms with van der Waals surface area (Å²) in [4.78, 5) is 38.8. The Morgan fingerprint density at radius 2 is 2.00 bits per heavy atom. The minimum Gasteiger partial charge on any atom is -0.327 e. The predicted molar refractivity (Wildman–Crippen MR) is 118 cm³/mol. The van der Waals surface area contributed by atoms with Crippen molar-refractivity contribution in [3.8, 4) is 0 Å². The predicted octanol–water partition coefficient (Wildman–Crippen LogP) is 4.90. The third-order valence-corrected chi connectivity index (χ3v) is 8.25. The van der Waals surface area contributed by atoms with Crippen molar-refractivity contribution in [2.45, 2.75) is 70.4 Å². The Morgan fingerprint density at radius 1 is 1.17 bits per heavy atom. The quantitative estimate of drug-likeness (QED) is 0.644. The molecule has 7 heteroatoms. The van der Waals surface area contributed by atoms with E-state index in [1.165, 1.54) is 34.6 Å². The van der Waals surface area contributed by atoms with Gasteiger partial charge >= 0.3 is 0 Å². The number of rotatable bonds is 4. The second kappa shape index (κ2) is 8.03. The normalized spacial score (nSPS) is 17.4. The molecule has 5 nitrogen and oxygen atoms in total. The standard InChI is InChI=1S/C22H25N3O2S2/c26-20-19-15-9-4-5-10-16(15)29-21(19)24-18(23-20)13-25(14-7-2-1-3-8-14)22(27)17-11-6-12-28-17/h6,11-12,14H,1-5,7-10,13H2,(H,23,24,26). The highest BCUT2D eigenvalue weighted by molar-refractivity contribution is 7.18. The molecule has 1 saturated carbocycles. The molecular formula is C22H25N3O2S2. The Labute approximate surface area is 177 Å². The fourth-order valence-corrected chi connectivity index (χ4v) is 6.71. The van der Waals surface area contributed by atoms with Gasteiger partial charge in [0.15, 0.2) is 0 Å². The van der Waals surface area contributed by atoms with E-state index in [4.69, 9.17) is 4.98 Å². The molecular weight excluding hydrogens is 402 g/mol. The Kier molecular flexibility index (Phi) is 5.26. The first-order valence-corrected chi connectivity index (χ1v) is 12.3. The maximum atomic E-state index is 13.2. The summed E-state index contributed by atoms with van der Waals surface area (Å²) in [6.07, 6.45) is 9.95. The number of fused-ring (bicyclic) bond motifs is 3. The molecule has 0 spiro atoms. The van der Waals surface area contributed by atoms with Gasteiger partial charge in [0.25, 0.3) is 11.5 Å². The lowest BCUT2D eigenvalue weighted by molar-refractivity contribution is 0.0612. The lowest BCUT2D eigenvalue weighted by atomic mass is 9.94. The molecule has 2 aliphatic carbocycles. The van der Waals surface area contributed by atoms with Crippen LogP contribution in [-0.4, -0.2) is 26.8 Å². The van der Waals surface area contributed by atoms with Crippen LogP contribution in [-0.2, 0) is 19.4 Å². The van der Waals surface area contributed by atoms with Crippen molar-refractivity contribution in [1.29, 1.82) is 0 Å². The second-order valence-corrected chi connectivity index (χ2v) is 10.1. The van der Waals surface area contributed by atoms with Crippen molar-refractivity contribution in [3.05, 3.63) is 49.0 Å². The molecule has 2 aliphatic rings. The Bertz CT molecular complexity index is 1080. The third kappa shape index (κ3) is 3.66. The van der Waals surface area contributed by atoms with Crippen LogP contribution in [0.1, 0.15) is 70.9 Å². The minimum absolute atomic E-state index is 0.0448. The number of amides is 1. The molecule has 1 fully saturated rings. The Hall–Kier alpha value is -1.99. The summed E-state index contributed by atoms with van der Waals surface area (Å²) in [7, 11) is 0. The molecule has 3 aromatic rings. The minimum atomic E-state index is -0.0448. The number of carbonyl (C=O) groups excluding carboxylic acids is 1. The summed E-state index contributed by atoms with van der Waals surface area (Å²) in [6.45, 7) is 0.370. The van der Waals surface area contributed by atoms with Gasteiger partial charge < -0.3 is 9.88 Å². The molecule has 3 aromatic heterocycles. The van der Waals surface area contributed by atoms with Gasteiger partial charge in [-0.15, -0.1) is 22.7 Å². The summed E-state index contributed by atoms with van der Waals surface area (Å²) in [5.41, 5.74) is 1.16. The summed E-state index contributed by atoms with van der Waals surface area (Å²) in [5, 5.41) is 2.72. The van der Waals surface area contributed by atoms with Crippen LogP contribution in [0.4, 0.5) is 0 Å². The number of hydrogen-bond donors (Lipinski definition) is 1. The molecule has 0 aromatic carbocycles. The van der Waals surface area contributed by atoms with Crippen molar-refractivity contribution in [2.75, 3.05) is 0 Å². The van der Waals surface area contributed by atoms with E-state index in [0.717, 1.165) is 60.0 Å². The van der Waals surface area contributed by atoms with Gasteiger partial charge in [-0.2, -0.15) is 0 Å². The van der Waals surface area contributed by atoms with Crippen LogP contribution in [0, 0.1) is 0 Å². The van der Waals surface area contributed by atoms with Gasteiger partial charge in [0.2, 0.25) is 0 Å². The highest BCUT2D eigenvalue weighted by atomic mass is 32.1. The maximum Gasteiger partial charge on any atom is 0.264 e. The largest absolute Gasteiger partial charge is 0.327 e. The summed E-state index contributed by atoms with van der Waals surface area (Å²) < 4.78 is 0. The average molecular weight is 428 g/mol. The number of carbonyl (C=O) groups is 1. The SMILES string of the molecule is O=C(c1cccs1)N(Cc1nc2sc3c(c2c(=O)[nH]1)CCCC3)C1CCCCC1. The van der Waals surface area contributed by atoms with Crippen LogP contribution >= 0.6 is 22.7 Å². The zero-order valence-corrected chi connectivity index (χ0v) is 18.0.